The summed E-state index contributed by atoms with van der Waals surface area (Å²) >= 11 is 15.1. The Hall–Kier alpha value is 2.01. The van der Waals surface area contributed by atoms with E-state index in [2.05, 4.69) is 4.74 Å². The van der Waals surface area contributed by atoms with Crippen molar-refractivity contribution in [1.82, 2.24) is 0 Å². The Balaban J connectivity index is -0.0000000675. The molecule has 62 valence electrons. The summed E-state index contributed by atoms with van der Waals surface area (Å²) in [5, 5.41) is 0. The van der Waals surface area contributed by atoms with Gasteiger partial charge in [0.05, 0.1) is 0 Å². The van der Waals surface area contributed by atoms with Gasteiger partial charge in [0, 0.05) is 6.92 Å². The average molecular weight is 253 g/mol. The number of halogens is 3. The zero-order valence-electron chi connectivity index (χ0n) is 8.86. The number of carbonyl (C=O) groups is 2. The monoisotopic (exact) mass is 252 g/mol. The fourth-order valence-electron chi connectivity index (χ4n) is 0.188. The summed E-state index contributed by atoms with van der Waals surface area (Å²) < 4.78 is 1.77. The van der Waals surface area contributed by atoms with Crippen LogP contribution in [-0.2, 0) is 14.3 Å². The fourth-order valence-corrected chi connectivity index (χ4v) is 0.304. The van der Waals surface area contributed by atoms with Gasteiger partial charge in [-0.15, -0.1) is 0 Å². The van der Waals surface area contributed by atoms with Crippen molar-refractivity contribution in [2.45, 2.75) is 10.7 Å². The molecule has 0 aliphatic rings. The minimum absolute atomic E-state index is 0. The summed E-state index contributed by atoms with van der Waals surface area (Å²) in [5.41, 5.74) is 0. The summed E-state index contributed by atoms with van der Waals surface area (Å²) in [6, 6.07) is 0. The van der Waals surface area contributed by atoms with Crippen molar-refractivity contribution in [3.63, 3.8) is 0 Å². The van der Waals surface area contributed by atoms with E-state index in [1.807, 2.05) is 0 Å². The zero-order chi connectivity index (χ0) is 8.36. The summed E-state index contributed by atoms with van der Waals surface area (Å²) in [7, 11) is 0. The average Bonchev–Trinajstić information content (AvgIpc) is 1.60. The van der Waals surface area contributed by atoms with Gasteiger partial charge >= 0.3 is 71.1 Å². The first-order valence-corrected chi connectivity index (χ1v) is 3.27. The van der Waals surface area contributed by atoms with Crippen molar-refractivity contribution in [1.29, 1.82) is 0 Å². The van der Waals surface area contributed by atoms with Crippen LogP contribution >= 0.6 is 34.8 Å². The van der Waals surface area contributed by atoms with Crippen LogP contribution in [0.4, 0.5) is 0 Å². The van der Waals surface area contributed by atoms with Crippen molar-refractivity contribution in [2.24, 2.45) is 0 Å². The molecular formula is C4H5Cl3Na2O3. The zero-order valence-corrected chi connectivity index (χ0v) is 13.1. The first kappa shape index (κ1) is 19.6. The molecule has 0 saturated carbocycles. The maximum absolute atomic E-state index is 10.4. The van der Waals surface area contributed by atoms with E-state index in [0.717, 1.165) is 6.92 Å². The van der Waals surface area contributed by atoms with E-state index in [1.54, 1.807) is 0 Å². The van der Waals surface area contributed by atoms with Gasteiger partial charge in [-0.3, -0.25) is 4.79 Å². The second kappa shape index (κ2) is 8.33. The molecule has 0 spiro atoms. The van der Waals surface area contributed by atoms with Crippen LogP contribution in [0, 0.1) is 0 Å². The second-order valence-electron chi connectivity index (χ2n) is 1.38. The van der Waals surface area contributed by atoms with E-state index in [9.17, 15) is 9.59 Å². The number of carbonyl (C=O) groups excluding carboxylic acids is 2. The fraction of sp³-hybridized carbons (Fsp3) is 0.500. The van der Waals surface area contributed by atoms with E-state index in [-0.39, 0.29) is 62.0 Å². The molecule has 0 rings (SSSR count). The molecule has 0 fully saturated rings. The van der Waals surface area contributed by atoms with E-state index in [1.165, 1.54) is 0 Å². The number of ether oxygens (including phenoxy) is 1. The Morgan fingerprint density at radius 1 is 1.25 bits per heavy atom. The second-order valence-corrected chi connectivity index (χ2v) is 3.66. The number of rotatable bonds is 0. The molecule has 0 N–H and O–H groups in total. The number of hydrogen-bond donors (Lipinski definition) is 0. The Labute approximate surface area is 132 Å². The van der Waals surface area contributed by atoms with Crippen molar-refractivity contribution in [2.75, 3.05) is 0 Å². The van der Waals surface area contributed by atoms with Gasteiger partial charge in [-0.05, 0) is 0 Å². The van der Waals surface area contributed by atoms with Gasteiger partial charge in [0.1, 0.15) is 0 Å². The Morgan fingerprint density at radius 3 is 1.67 bits per heavy atom. The van der Waals surface area contributed by atoms with E-state index in [4.69, 9.17) is 34.8 Å². The van der Waals surface area contributed by atoms with Crippen LogP contribution in [0.5, 0.6) is 0 Å². The molecule has 8 heteroatoms. The predicted molar refractivity (Wildman–Crippen MR) is 39.3 cm³/mol. The molecule has 0 aliphatic carbocycles. The van der Waals surface area contributed by atoms with Crippen LogP contribution < -0.4 is 59.1 Å². The van der Waals surface area contributed by atoms with Crippen LogP contribution in [-0.4, -0.2) is 15.7 Å². The number of hydrogen-bond acceptors (Lipinski definition) is 3. The third-order valence-electron chi connectivity index (χ3n) is 0.468. The predicted octanol–water partition coefficient (Wildman–Crippen LogP) is -4.32. The van der Waals surface area contributed by atoms with Crippen LogP contribution in [0.2, 0.25) is 0 Å². The molecule has 3 nitrogen and oxygen atoms in total. The van der Waals surface area contributed by atoms with Crippen LogP contribution in [0.3, 0.4) is 0 Å². The summed E-state index contributed by atoms with van der Waals surface area (Å²) in [4.78, 5) is 20.5. The molecule has 0 bridgehead atoms. The minimum Gasteiger partial charge on any atom is -1.00 e. The molecule has 0 atom stereocenters. The van der Waals surface area contributed by atoms with E-state index in [0.29, 0.717) is 0 Å². The van der Waals surface area contributed by atoms with Gasteiger partial charge in [0.15, 0.2) is 0 Å². The molecule has 0 aromatic rings. The van der Waals surface area contributed by atoms with E-state index < -0.39 is 15.7 Å². The van der Waals surface area contributed by atoms with Gasteiger partial charge in [-0.1, -0.05) is 34.8 Å². The van der Waals surface area contributed by atoms with Crippen molar-refractivity contribution < 1.29 is 76.3 Å². The van der Waals surface area contributed by atoms with Crippen LogP contribution in [0.25, 0.3) is 0 Å². The van der Waals surface area contributed by atoms with E-state index >= 15 is 0 Å². The largest absolute Gasteiger partial charge is 1.00 e. The molecule has 0 aromatic heterocycles. The van der Waals surface area contributed by atoms with Crippen LogP contribution in [0.15, 0.2) is 0 Å². The third-order valence-corrected chi connectivity index (χ3v) is 0.931. The maximum Gasteiger partial charge on any atom is 1.00 e. The van der Waals surface area contributed by atoms with Crippen molar-refractivity contribution in [3.8, 4) is 0 Å². The van der Waals surface area contributed by atoms with Crippen LogP contribution in [0.1, 0.15) is 9.78 Å². The van der Waals surface area contributed by atoms with Crippen molar-refractivity contribution in [3.05, 3.63) is 0 Å². The molecular weight excluding hydrogens is 248 g/mol. The molecule has 0 heterocycles. The molecule has 0 radical (unpaired) electrons. The molecule has 0 saturated heterocycles. The van der Waals surface area contributed by atoms with Gasteiger partial charge in [-0.2, -0.15) is 0 Å². The smallest absolute Gasteiger partial charge is 1.00 e. The first-order chi connectivity index (χ1) is 4.34. The quantitative estimate of drug-likeness (QED) is 0.190. The number of alkyl halides is 3. The summed E-state index contributed by atoms with van der Waals surface area (Å²) in [6.07, 6.45) is 0. The summed E-state index contributed by atoms with van der Waals surface area (Å²) in [5.74, 6) is -2.00. The molecule has 0 unspecified atom stereocenters. The van der Waals surface area contributed by atoms with Gasteiger partial charge < -0.3 is 7.59 Å². The first-order valence-electron chi connectivity index (χ1n) is 2.13. The van der Waals surface area contributed by atoms with Gasteiger partial charge in [-0.25, -0.2) is 4.79 Å². The molecule has 12 heavy (non-hydrogen) atoms. The normalized spacial score (nSPS) is 9.00. The Morgan fingerprint density at radius 2 is 1.58 bits per heavy atom. The van der Waals surface area contributed by atoms with Crippen molar-refractivity contribution >= 4 is 46.7 Å². The standard InChI is InChI=1S/C4H3Cl3O3.2Na.2H/c1-2(8)10-3(9)4(5,6)7;;;;/h1H3;;;;/q;2*+1;2*-1. The SMILES string of the molecule is CC(=O)OC(=O)C(Cl)(Cl)Cl.[H-].[H-].[Na+].[Na+]. The Kier molecular flexibility index (Phi) is 13.6. The van der Waals surface area contributed by atoms with Gasteiger partial charge in [0.25, 0.3) is 3.79 Å². The molecule has 0 amide bonds. The maximum atomic E-state index is 10.4. The molecule has 0 aromatic carbocycles. The topological polar surface area (TPSA) is 43.4 Å². The third kappa shape index (κ3) is 10.1. The number of esters is 2. The molecule has 0 aliphatic heterocycles. The Bertz CT molecular complexity index is 176. The minimum atomic E-state index is -2.17. The summed E-state index contributed by atoms with van der Waals surface area (Å²) in [6.45, 7) is 1.04. The van der Waals surface area contributed by atoms with Gasteiger partial charge in [0.2, 0.25) is 0 Å².